The molecule has 0 fully saturated rings. The van der Waals surface area contributed by atoms with Gasteiger partial charge in [0.2, 0.25) is 11.2 Å². The van der Waals surface area contributed by atoms with Crippen molar-refractivity contribution < 1.29 is 14.3 Å². The van der Waals surface area contributed by atoms with Crippen molar-refractivity contribution in [2.75, 3.05) is 32.2 Å². The molecule has 1 heterocycles. The van der Waals surface area contributed by atoms with E-state index in [9.17, 15) is 4.79 Å². The average Bonchev–Trinajstić information content (AvgIpc) is 2.22. The molecular weight excluding hydrogens is 198 g/mol. The van der Waals surface area contributed by atoms with Crippen molar-refractivity contribution in [2.45, 2.75) is 6.42 Å². The Morgan fingerprint density at radius 3 is 2.93 bits per heavy atom. The van der Waals surface area contributed by atoms with Gasteiger partial charge < -0.3 is 19.2 Å². The highest BCUT2D eigenvalue weighted by Gasteiger charge is 2.09. The van der Waals surface area contributed by atoms with Gasteiger partial charge in [0.05, 0.1) is 0 Å². The van der Waals surface area contributed by atoms with E-state index in [1.54, 1.807) is 19.1 Å². The van der Waals surface area contributed by atoms with Crippen LogP contribution in [0, 0.1) is 0 Å². The predicted molar refractivity (Wildman–Crippen MR) is 56.4 cm³/mol. The molecule has 0 aliphatic rings. The number of anilines is 1. The number of rotatable bonds is 5. The molecule has 1 aromatic heterocycles. The number of aromatic hydroxyl groups is 1. The minimum absolute atomic E-state index is 0.353. The van der Waals surface area contributed by atoms with E-state index in [0.29, 0.717) is 18.8 Å². The van der Waals surface area contributed by atoms with E-state index in [2.05, 4.69) is 0 Å². The Hall–Kier alpha value is -1.49. The zero-order valence-electron chi connectivity index (χ0n) is 8.90. The van der Waals surface area contributed by atoms with Gasteiger partial charge in [-0.2, -0.15) is 0 Å². The zero-order valence-corrected chi connectivity index (χ0v) is 8.90. The lowest BCUT2D eigenvalue weighted by molar-refractivity contribution is 0.196. The lowest BCUT2D eigenvalue weighted by atomic mass is 10.3. The van der Waals surface area contributed by atoms with Gasteiger partial charge in [0.1, 0.15) is 18.2 Å². The summed E-state index contributed by atoms with van der Waals surface area (Å²) in [5.41, 5.74) is -0.0627. The molecule has 0 aliphatic heterocycles. The van der Waals surface area contributed by atoms with E-state index in [1.807, 2.05) is 0 Å². The largest absolute Gasteiger partial charge is 0.502 e. The highest BCUT2D eigenvalue weighted by atomic mass is 16.5. The van der Waals surface area contributed by atoms with Gasteiger partial charge in [-0.15, -0.1) is 0 Å². The van der Waals surface area contributed by atoms with Crippen molar-refractivity contribution in [3.63, 3.8) is 0 Å². The van der Waals surface area contributed by atoms with Crippen molar-refractivity contribution in [3.05, 3.63) is 22.7 Å². The van der Waals surface area contributed by atoms with Crippen LogP contribution in [0.3, 0.4) is 0 Å². The van der Waals surface area contributed by atoms with Crippen LogP contribution in [0.15, 0.2) is 21.7 Å². The summed E-state index contributed by atoms with van der Waals surface area (Å²) in [5, 5.41) is 9.16. The molecule has 0 aliphatic carbocycles. The first-order valence-corrected chi connectivity index (χ1v) is 4.66. The summed E-state index contributed by atoms with van der Waals surface area (Å²) in [6.45, 7) is 1.30. The molecule has 1 aromatic rings. The smallest absolute Gasteiger partial charge is 0.249 e. The van der Waals surface area contributed by atoms with Crippen LogP contribution < -0.4 is 10.3 Å². The molecule has 0 unspecified atom stereocenters. The molecule has 1 rings (SSSR count). The minimum Gasteiger partial charge on any atom is -0.502 e. The van der Waals surface area contributed by atoms with Crippen LogP contribution in [0.25, 0.3) is 0 Å². The topological polar surface area (TPSA) is 62.9 Å². The molecule has 0 amide bonds. The quantitative estimate of drug-likeness (QED) is 0.733. The maximum absolute atomic E-state index is 11.5. The Bertz CT molecular complexity index is 361. The molecule has 0 atom stereocenters. The van der Waals surface area contributed by atoms with Crippen LogP contribution in [0.2, 0.25) is 0 Å². The Morgan fingerprint density at radius 1 is 1.53 bits per heavy atom. The van der Waals surface area contributed by atoms with Crippen molar-refractivity contribution in [1.29, 1.82) is 0 Å². The van der Waals surface area contributed by atoms with Crippen LogP contribution >= 0.6 is 0 Å². The molecule has 15 heavy (non-hydrogen) atoms. The average molecular weight is 213 g/mol. The third-order valence-electron chi connectivity index (χ3n) is 2.08. The van der Waals surface area contributed by atoms with Gasteiger partial charge in [0.15, 0.2) is 0 Å². The van der Waals surface area contributed by atoms with E-state index in [0.717, 1.165) is 12.7 Å². The van der Waals surface area contributed by atoms with Crippen LogP contribution in [0.4, 0.5) is 5.69 Å². The van der Waals surface area contributed by atoms with Gasteiger partial charge in [-0.25, -0.2) is 0 Å². The predicted octanol–water partition coefficient (Wildman–Crippen LogP) is 0.818. The van der Waals surface area contributed by atoms with E-state index in [4.69, 9.17) is 14.3 Å². The molecule has 5 heteroatoms. The van der Waals surface area contributed by atoms with Gasteiger partial charge >= 0.3 is 0 Å². The van der Waals surface area contributed by atoms with Gasteiger partial charge in [-0.1, -0.05) is 0 Å². The summed E-state index contributed by atoms with van der Waals surface area (Å²) in [4.78, 5) is 13.2. The maximum atomic E-state index is 11.5. The number of ether oxygens (including phenoxy) is 1. The fourth-order valence-electron chi connectivity index (χ4n) is 1.23. The summed E-state index contributed by atoms with van der Waals surface area (Å²) in [5.74, 6) is -0.369. The molecule has 0 bridgehead atoms. The zero-order chi connectivity index (χ0) is 11.3. The first kappa shape index (κ1) is 11.6. The summed E-state index contributed by atoms with van der Waals surface area (Å²) in [6.07, 6.45) is 3.16. The van der Waals surface area contributed by atoms with Crippen molar-refractivity contribution in [1.82, 2.24) is 0 Å². The molecular formula is C10H15NO4. The molecule has 1 N–H and O–H groups in total. The molecule has 0 aromatic carbocycles. The Morgan fingerprint density at radius 2 is 2.27 bits per heavy atom. The maximum Gasteiger partial charge on any atom is 0.249 e. The van der Waals surface area contributed by atoms with Crippen molar-refractivity contribution >= 4 is 5.69 Å². The lowest BCUT2D eigenvalue weighted by Crippen LogP contribution is -2.25. The molecule has 84 valence electrons. The number of hydrogen-bond donors (Lipinski definition) is 1. The number of nitrogens with zero attached hydrogens (tertiary/aromatic N) is 1. The Kier molecular flexibility index (Phi) is 4.17. The minimum atomic E-state index is -0.416. The second-order valence-corrected chi connectivity index (χ2v) is 3.24. The molecule has 0 saturated heterocycles. The van der Waals surface area contributed by atoms with Gasteiger partial charge in [-0.05, 0) is 6.42 Å². The summed E-state index contributed by atoms with van der Waals surface area (Å²) in [6, 6.07) is 0. The van der Waals surface area contributed by atoms with E-state index < -0.39 is 5.43 Å². The van der Waals surface area contributed by atoms with Gasteiger partial charge in [0, 0.05) is 27.3 Å². The Balaban J connectivity index is 2.69. The van der Waals surface area contributed by atoms with Crippen LogP contribution in [-0.2, 0) is 4.74 Å². The van der Waals surface area contributed by atoms with Crippen LogP contribution in [0.5, 0.6) is 5.75 Å². The monoisotopic (exact) mass is 213 g/mol. The first-order valence-electron chi connectivity index (χ1n) is 4.66. The third-order valence-corrected chi connectivity index (χ3v) is 2.08. The van der Waals surface area contributed by atoms with Crippen LogP contribution in [-0.4, -0.2) is 32.4 Å². The number of methoxy groups -OCH3 is 1. The Labute approximate surface area is 87.9 Å². The van der Waals surface area contributed by atoms with E-state index in [-0.39, 0.29) is 5.75 Å². The number of hydrogen-bond acceptors (Lipinski definition) is 5. The fraction of sp³-hybridized carbons (Fsp3) is 0.500. The lowest BCUT2D eigenvalue weighted by Gasteiger charge is -2.17. The van der Waals surface area contributed by atoms with Crippen molar-refractivity contribution in [2.24, 2.45) is 0 Å². The SMILES string of the molecule is COCCCN(C)c1cocc(O)c1=O. The molecule has 0 spiro atoms. The normalized spacial score (nSPS) is 10.3. The van der Waals surface area contributed by atoms with Crippen LogP contribution in [0.1, 0.15) is 6.42 Å². The first-order chi connectivity index (χ1) is 7.16. The van der Waals surface area contributed by atoms with E-state index >= 15 is 0 Å². The van der Waals surface area contributed by atoms with Gasteiger partial charge in [0.25, 0.3) is 0 Å². The van der Waals surface area contributed by atoms with Gasteiger partial charge in [-0.3, -0.25) is 4.79 Å². The molecule has 0 radical (unpaired) electrons. The highest BCUT2D eigenvalue weighted by Crippen LogP contribution is 2.11. The second-order valence-electron chi connectivity index (χ2n) is 3.24. The van der Waals surface area contributed by atoms with E-state index in [1.165, 1.54) is 6.26 Å². The van der Waals surface area contributed by atoms with Crippen molar-refractivity contribution in [3.8, 4) is 5.75 Å². The highest BCUT2D eigenvalue weighted by molar-refractivity contribution is 5.45. The molecule has 0 saturated carbocycles. The second kappa shape index (κ2) is 5.41. The third kappa shape index (κ3) is 2.99. The standard InChI is InChI=1S/C10H15NO4/c1-11(4-3-5-14-2)8-6-15-7-9(12)10(8)13/h6-7,12H,3-5H2,1-2H3. The summed E-state index contributed by atoms with van der Waals surface area (Å²) < 4.78 is 9.73. The molecule has 5 nitrogen and oxygen atoms in total. The summed E-state index contributed by atoms with van der Waals surface area (Å²) >= 11 is 0. The summed E-state index contributed by atoms with van der Waals surface area (Å²) in [7, 11) is 3.39. The fourth-order valence-corrected chi connectivity index (χ4v) is 1.23.